The van der Waals surface area contributed by atoms with Gasteiger partial charge in [0.2, 0.25) is 0 Å². The first kappa shape index (κ1) is 21.7. The highest BCUT2D eigenvalue weighted by Gasteiger charge is 2.24. The van der Waals surface area contributed by atoms with Gasteiger partial charge in [-0.15, -0.1) is 22.7 Å². The van der Waals surface area contributed by atoms with E-state index in [-0.39, 0.29) is 10.8 Å². The number of hydrogen-bond acceptors (Lipinski definition) is 5. The Hall–Kier alpha value is -1.56. The van der Waals surface area contributed by atoms with Crippen molar-refractivity contribution in [2.75, 3.05) is 0 Å². The predicted octanol–water partition coefficient (Wildman–Crippen LogP) is 8.61. The summed E-state index contributed by atoms with van der Waals surface area (Å²) in [6, 6.07) is 9.25. The number of nitrogens with zero attached hydrogens (tertiary/aromatic N) is 2. The monoisotopic (exact) mass is 454 g/mol. The summed E-state index contributed by atoms with van der Waals surface area (Å²) in [7, 11) is 0. The summed E-state index contributed by atoms with van der Waals surface area (Å²) < 4.78 is 9.36. The number of aryl methyl sites for hydroxylation is 2. The molecule has 3 aromatic heterocycles. The highest BCUT2D eigenvalue weighted by atomic mass is 32.1. The first-order valence-corrected chi connectivity index (χ1v) is 12.9. The molecule has 0 unspecified atom stereocenters. The number of fused-ring (bicyclic) bond motifs is 1. The maximum absolute atomic E-state index is 4.70. The quantitative estimate of drug-likeness (QED) is 0.309. The summed E-state index contributed by atoms with van der Waals surface area (Å²) in [6.45, 7) is 18.1. The molecule has 0 aliphatic heterocycles. The van der Waals surface area contributed by atoms with Crippen LogP contribution >= 0.6 is 34.4 Å². The Morgan fingerprint density at radius 2 is 1.53 bits per heavy atom. The van der Waals surface area contributed by atoms with Gasteiger partial charge in [-0.3, -0.25) is 0 Å². The van der Waals surface area contributed by atoms with Crippen LogP contribution in [0.3, 0.4) is 0 Å². The van der Waals surface area contributed by atoms with E-state index in [9.17, 15) is 0 Å². The number of rotatable bonds is 3. The zero-order valence-electron chi connectivity index (χ0n) is 19.1. The minimum Gasteiger partial charge on any atom is -0.173 e. The van der Waals surface area contributed by atoms with Crippen LogP contribution in [0.4, 0.5) is 0 Å². The van der Waals surface area contributed by atoms with Gasteiger partial charge >= 0.3 is 0 Å². The van der Waals surface area contributed by atoms with Gasteiger partial charge in [-0.05, 0) is 53.0 Å². The maximum atomic E-state index is 4.70. The number of thiophene rings is 2. The van der Waals surface area contributed by atoms with Crippen LogP contribution in [0.1, 0.15) is 70.0 Å². The minimum atomic E-state index is 0.0547. The lowest BCUT2D eigenvalue weighted by Crippen LogP contribution is -2.11. The van der Waals surface area contributed by atoms with Gasteiger partial charge < -0.3 is 0 Å². The number of aromatic nitrogens is 2. The fourth-order valence-electron chi connectivity index (χ4n) is 3.76. The molecule has 1 aromatic carbocycles. The Bertz CT molecular complexity index is 1210. The highest BCUT2D eigenvalue weighted by molar-refractivity contribution is 7.24. The zero-order chi connectivity index (χ0) is 21.8. The first-order valence-electron chi connectivity index (χ1n) is 10.5. The average molecular weight is 455 g/mol. The van der Waals surface area contributed by atoms with Crippen molar-refractivity contribution in [2.24, 2.45) is 0 Å². The standard InChI is InChI=1S/C25H30N2S3/c1-9-15-13-18(28-23(15)22-14(2)12-19(29-22)25(6,7)8)16-10-11-17(24(3,4)5)21-20(16)26-30-27-21/h10-13H,9H2,1-8H3. The van der Waals surface area contributed by atoms with Gasteiger partial charge in [-0.25, -0.2) is 0 Å². The lowest BCUT2D eigenvalue weighted by atomic mass is 9.85. The van der Waals surface area contributed by atoms with Gasteiger partial charge in [0.05, 0.1) is 11.7 Å². The predicted molar refractivity (Wildman–Crippen MR) is 136 cm³/mol. The molecular weight excluding hydrogens is 424 g/mol. The second-order valence-electron chi connectivity index (χ2n) is 10.1. The van der Waals surface area contributed by atoms with E-state index in [1.165, 1.54) is 53.5 Å². The zero-order valence-corrected chi connectivity index (χ0v) is 21.6. The van der Waals surface area contributed by atoms with E-state index in [0.717, 1.165) is 17.5 Å². The van der Waals surface area contributed by atoms with Gasteiger partial charge in [0.15, 0.2) is 0 Å². The molecule has 0 bridgehead atoms. The fourth-order valence-corrected chi connectivity index (χ4v) is 7.08. The van der Waals surface area contributed by atoms with E-state index in [0.29, 0.717) is 0 Å². The molecule has 0 saturated carbocycles. The Morgan fingerprint density at radius 1 is 0.833 bits per heavy atom. The molecule has 0 N–H and O–H groups in total. The minimum absolute atomic E-state index is 0.0547. The molecule has 0 atom stereocenters. The molecule has 0 radical (unpaired) electrons. The third-order valence-electron chi connectivity index (χ3n) is 5.54. The molecule has 30 heavy (non-hydrogen) atoms. The first-order chi connectivity index (χ1) is 14.0. The summed E-state index contributed by atoms with van der Waals surface area (Å²) in [5.41, 5.74) is 7.63. The topological polar surface area (TPSA) is 25.8 Å². The summed E-state index contributed by atoms with van der Waals surface area (Å²) >= 11 is 5.18. The Balaban J connectivity index is 1.87. The summed E-state index contributed by atoms with van der Waals surface area (Å²) in [5.74, 6) is 0. The van der Waals surface area contributed by atoms with Crippen LogP contribution in [0.15, 0.2) is 24.3 Å². The van der Waals surface area contributed by atoms with Crippen molar-refractivity contribution in [3.05, 3.63) is 45.8 Å². The number of hydrogen-bond donors (Lipinski definition) is 0. The van der Waals surface area contributed by atoms with Crippen LogP contribution in [-0.4, -0.2) is 8.75 Å². The smallest absolute Gasteiger partial charge is 0.113 e. The van der Waals surface area contributed by atoms with Crippen molar-refractivity contribution >= 4 is 45.4 Å². The van der Waals surface area contributed by atoms with E-state index in [1.54, 1.807) is 0 Å². The third-order valence-corrected chi connectivity index (χ3v) is 9.11. The van der Waals surface area contributed by atoms with E-state index in [1.807, 2.05) is 22.7 Å². The SMILES string of the molecule is CCc1cc(-c2ccc(C(C)(C)C)c3nsnc23)sc1-c1sc(C(C)(C)C)cc1C. The van der Waals surface area contributed by atoms with E-state index in [2.05, 4.69) is 84.0 Å². The van der Waals surface area contributed by atoms with Gasteiger partial charge in [0.1, 0.15) is 11.0 Å². The molecule has 0 aliphatic rings. The van der Waals surface area contributed by atoms with Crippen molar-refractivity contribution in [3.8, 4) is 20.2 Å². The lowest BCUT2D eigenvalue weighted by molar-refractivity contribution is 0.595. The van der Waals surface area contributed by atoms with Crippen molar-refractivity contribution in [2.45, 2.75) is 72.6 Å². The molecule has 2 nitrogen and oxygen atoms in total. The molecule has 5 heteroatoms. The summed E-state index contributed by atoms with van der Waals surface area (Å²) in [5, 5.41) is 0. The van der Waals surface area contributed by atoms with Gasteiger partial charge in [0.25, 0.3) is 0 Å². The van der Waals surface area contributed by atoms with Crippen LogP contribution in [0.2, 0.25) is 0 Å². The second-order valence-corrected chi connectivity index (χ2v) is 12.7. The molecule has 0 spiro atoms. The van der Waals surface area contributed by atoms with Gasteiger partial charge in [-0.1, -0.05) is 60.6 Å². The van der Waals surface area contributed by atoms with Crippen LogP contribution in [0.25, 0.3) is 31.2 Å². The van der Waals surface area contributed by atoms with Crippen LogP contribution in [0.5, 0.6) is 0 Å². The van der Waals surface area contributed by atoms with Crippen molar-refractivity contribution in [1.82, 2.24) is 8.75 Å². The Labute approximate surface area is 192 Å². The van der Waals surface area contributed by atoms with E-state index in [4.69, 9.17) is 4.37 Å². The fraction of sp³-hybridized carbons (Fsp3) is 0.440. The largest absolute Gasteiger partial charge is 0.173 e. The molecular formula is C25H30N2S3. The maximum Gasteiger partial charge on any atom is 0.113 e. The lowest BCUT2D eigenvalue weighted by Gasteiger charge is -2.19. The molecule has 158 valence electrons. The van der Waals surface area contributed by atoms with Crippen LogP contribution in [0, 0.1) is 6.92 Å². The van der Waals surface area contributed by atoms with E-state index < -0.39 is 0 Å². The number of benzene rings is 1. The molecule has 0 fully saturated rings. The average Bonchev–Trinajstić information content (AvgIpc) is 3.36. The van der Waals surface area contributed by atoms with Crippen LogP contribution < -0.4 is 0 Å². The Morgan fingerprint density at radius 3 is 2.13 bits per heavy atom. The van der Waals surface area contributed by atoms with E-state index >= 15 is 0 Å². The summed E-state index contributed by atoms with van der Waals surface area (Å²) in [6.07, 6.45) is 1.03. The Kier molecular flexibility index (Phi) is 5.44. The van der Waals surface area contributed by atoms with Crippen LogP contribution in [-0.2, 0) is 17.3 Å². The van der Waals surface area contributed by atoms with Crippen molar-refractivity contribution in [1.29, 1.82) is 0 Å². The van der Waals surface area contributed by atoms with Crippen molar-refractivity contribution in [3.63, 3.8) is 0 Å². The normalized spacial score (nSPS) is 12.8. The molecule has 0 saturated heterocycles. The molecule has 4 rings (SSSR count). The van der Waals surface area contributed by atoms with Gasteiger partial charge in [-0.2, -0.15) is 8.75 Å². The van der Waals surface area contributed by atoms with Crippen molar-refractivity contribution < 1.29 is 0 Å². The molecule has 0 aliphatic carbocycles. The second kappa shape index (κ2) is 7.54. The highest BCUT2D eigenvalue weighted by Crippen LogP contribution is 2.46. The van der Waals surface area contributed by atoms with Gasteiger partial charge in [0, 0.05) is 25.1 Å². The molecule has 4 aromatic rings. The molecule has 0 amide bonds. The molecule has 3 heterocycles. The third kappa shape index (κ3) is 3.76. The summed E-state index contributed by atoms with van der Waals surface area (Å²) in [4.78, 5) is 5.59.